The van der Waals surface area contributed by atoms with Gasteiger partial charge in [0.15, 0.2) is 0 Å². The molecule has 0 atom stereocenters. The highest BCUT2D eigenvalue weighted by Gasteiger charge is 2.22. The van der Waals surface area contributed by atoms with Crippen molar-refractivity contribution >= 4 is 32.8 Å². The van der Waals surface area contributed by atoms with Crippen LogP contribution >= 0.6 is 0 Å². The summed E-state index contributed by atoms with van der Waals surface area (Å²) in [6, 6.07) is 12.2. The Bertz CT molecular complexity index is 949. The van der Waals surface area contributed by atoms with Crippen molar-refractivity contribution in [3.63, 3.8) is 0 Å². The lowest BCUT2D eigenvalue weighted by Crippen LogP contribution is -2.23. The maximum absolute atomic E-state index is 12.6. The predicted octanol–water partition coefficient (Wildman–Crippen LogP) is 3.46. The van der Waals surface area contributed by atoms with Crippen molar-refractivity contribution in [2.45, 2.75) is 11.4 Å². The fourth-order valence-electron chi connectivity index (χ4n) is 2.19. The lowest BCUT2D eigenvalue weighted by molar-refractivity contribution is 0.359. The molecule has 0 amide bonds. The Hall–Kier alpha value is -2.29. The van der Waals surface area contributed by atoms with Gasteiger partial charge in [0, 0.05) is 12.1 Å². The molecule has 2 aromatic carbocycles. The highest BCUT2D eigenvalue weighted by atomic mass is 32.2. The van der Waals surface area contributed by atoms with Crippen molar-refractivity contribution in [3.8, 4) is 5.75 Å². The van der Waals surface area contributed by atoms with Crippen molar-refractivity contribution < 1.29 is 13.2 Å². The third-order valence-corrected chi connectivity index (χ3v) is 5.30. The number of rotatable bonds is 7. The minimum atomic E-state index is -3.71. The summed E-state index contributed by atoms with van der Waals surface area (Å²) in [5.41, 5.74) is 1.69. The van der Waals surface area contributed by atoms with E-state index in [4.69, 9.17) is 4.74 Å². The molecular formula is C16H15N3O3S2. The molecule has 1 heterocycles. The number of ether oxygens (including phenoxy) is 1. The van der Waals surface area contributed by atoms with E-state index in [1.165, 1.54) is 6.07 Å². The van der Waals surface area contributed by atoms with Crippen LogP contribution in [-0.2, 0) is 27.9 Å². The summed E-state index contributed by atoms with van der Waals surface area (Å²) < 4.78 is 41.5. The number of nitrogens with one attached hydrogen (secondary N) is 1. The average molecular weight is 361 g/mol. The van der Waals surface area contributed by atoms with Crippen LogP contribution in [0.2, 0.25) is 0 Å². The molecule has 6 nitrogen and oxygen atoms in total. The van der Waals surface area contributed by atoms with Crippen LogP contribution in [-0.4, -0.2) is 15.0 Å². The van der Waals surface area contributed by atoms with Gasteiger partial charge in [-0.05, 0) is 18.2 Å². The molecule has 0 unspecified atom stereocenters. The van der Waals surface area contributed by atoms with Crippen LogP contribution in [0.15, 0.2) is 68.7 Å². The second-order valence-electron chi connectivity index (χ2n) is 4.92. The van der Waals surface area contributed by atoms with Gasteiger partial charge < -0.3 is 4.74 Å². The number of hydrogen-bond donors (Lipinski definition) is 1. The predicted molar refractivity (Wildman–Crippen MR) is 94.1 cm³/mol. The summed E-state index contributed by atoms with van der Waals surface area (Å²) in [6.45, 7) is 4.08. The van der Waals surface area contributed by atoms with E-state index in [1.807, 2.05) is 18.2 Å². The second-order valence-corrected chi connectivity index (χ2v) is 7.18. The Morgan fingerprint density at radius 1 is 1.17 bits per heavy atom. The van der Waals surface area contributed by atoms with Gasteiger partial charge in [-0.1, -0.05) is 36.9 Å². The molecule has 2 aromatic rings. The zero-order valence-electron chi connectivity index (χ0n) is 12.7. The standard InChI is InChI=1S/C16H15N3O3S2/c1-2-10-22-14-8-4-3-6-12(14)11-17-24(20,21)15-9-5-7-13-16(15)19-23-18-13/h2-9,17H,1,10-11H2. The molecule has 24 heavy (non-hydrogen) atoms. The third-order valence-electron chi connectivity index (χ3n) is 3.32. The molecule has 3 rings (SSSR count). The average Bonchev–Trinajstić information content (AvgIpc) is 3.07. The molecule has 1 aliphatic rings. The van der Waals surface area contributed by atoms with Crippen LogP contribution in [0.4, 0.5) is 11.4 Å². The summed E-state index contributed by atoms with van der Waals surface area (Å²) >= 11 is 0.988. The second kappa shape index (κ2) is 7.08. The zero-order chi connectivity index (χ0) is 17.0. The van der Waals surface area contributed by atoms with Crippen LogP contribution in [0.3, 0.4) is 0 Å². The van der Waals surface area contributed by atoms with E-state index >= 15 is 0 Å². The lowest BCUT2D eigenvalue weighted by Gasteiger charge is -2.12. The largest absolute Gasteiger partial charge is 0.489 e. The minimum Gasteiger partial charge on any atom is -0.489 e. The summed E-state index contributed by atoms with van der Waals surface area (Å²) in [5, 5.41) is 0. The number of para-hydroxylation sites is 1. The van der Waals surface area contributed by atoms with Gasteiger partial charge in [0.2, 0.25) is 10.0 Å². The van der Waals surface area contributed by atoms with Crippen molar-refractivity contribution in [2.24, 2.45) is 8.73 Å². The maximum atomic E-state index is 12.6. The van der Waals surface area contributed by atoms with Crippen LogP contribution in [0, 0.1) is 0 Å². The smallest absolute Gasteiger partial charge is 0.243 e. The van der Waals surface area contributed by atoms with Crippen molar-refractivity contribution in [1.82, 2.24) is 4.72 Å². The Kier molecular flexibility index (Phi) is 4.89. The van der Waals surface area contributed by atoms with E-state index in [-0.39, 0.29) is 11.4 Å². The summed E-state index contributed by atoms with van der Waals surface area (Å²) in [4.78, 5) is 0.123. The minimum absolute atomic E-state index is 0.115. The molecule has 0 bridgehead atoms. The molecule has 124 valence electrons. The molecule has 0 fully saturated rings. The molecule has 0 aliphatic carbocycles. The zero-order valence-corrected chi connectivity index (χ0v) is 14.3. The molecule has 1 aliphatic heterocycles. The lowest BCUT2D eigenvalue weighted by atomic mass is 10.2. The summed E-state index contributed by atoms with van der Waals surface area (Å²) in [6.07, 6.45) is 1.64. The molecule has 0 spiro atoms. The Morgan fingerprint density at radius 2 is 2.00 bits per heavy atom. The first-order valence-electron chi connectivity index (χ1n) is 7.14. The van der Waals surface area contributed by atoms with E-state index in [9.17, 15) is 8.42 Å². The normalized spacial score (nSPS) is 12.5. The van der Waals surface area contributed by atoms with Gasteiger partial charge in [0.05, 0.1) is 11.4 Å². The molecule has 0 saturated heterocycles. The molecule has 0 aromatic heterocycles. The number of hydrogen-bond acceptors (Lipinski definition) is 5. The van der Waals surface area contributed by atoms with E-state index in [1.54, 1.807) is 24.3 Å². The maximum Gasteiger partial charge on any atom is 0.243 e. The van der Waals surface area contributed by atoms with Gasteiger partial charge in [-0.2, -0.15) is 8.73 Å². The van der Waals surface area contributed by atoms with E-state index in [0.717, 1.165) is 16.9 Å². The third kappa shape index (κ3) is 3.45. The van der Waals surface area contributed by atoms with Crippen LogP contribution in [0.25, 0.3) is 0 Å². The van der Waals surface area contributed by atoms with Gasteiger partial charge in [-0.15, -0.1) is 0 Å². The highest BCUT2D eigenvalue weighted by Crippen LogP contribution is 2.37. The topological polar surface area (TPSA) is 80.1 Å². The number of fused-ring (bicyclic) bond motifs is 1. The van der Waals surface area contributed by atoms with Crippen molar-refractivity contribution in [3.05, 3.63) is 60.7 Å². The SMILES string of the molecule is C=CCOc1ccccc1CNS(=O)(=O)c1cccc2c1N=S=N2. The first kappa shape index (κ1) is 16.6. The molecule has 0 saturated carbocycles. The monoisotopic (exact) mass is 361 g/mol. The fraction of sp³-hybridized carbons (Fsp3) is 0.125. The molecular weight excluding hydrogens is 346 g/mol. The van der Waals surface area contributed by atoms with Gasteiger partial charge in [0.25, 0.3) is 0 Å². The quantitative estimate of drug-likeness (QED) is 0.655. The molecule has 0 radical (unpaired) electrons. The number of benzene rings is 2. The van der Waals surface area contributed by atoms with Gasteiger partial charge >= 0.3 is 0 Å². The highest BCUT2D eigenvalue weighted by molar-refractivity contribution is 7.89. The number of sulfonamides is 1. The van der Waals surface area contributed by atoms with E-state index in [2.05, 4.69) is 20.0 Å². The first-order chi connectivity index (χ1) is 11.6. The van der Waals surface area contributed by atoms with Gasteiger partial charge in [-0.3, -0.25) is 0 Å². The summed E-state index contributed by atoms with van der Waals surface area (Å²) in [5.74, 6) is 0.619. The van der Waals surface area contributed by atoms with Crippen LogP contribution < -0.4 is 9.46 Å². The van der Waals surface area contributed by atoms with Crippen molar-refractivity contribution in [1.29, 1.82) is 0 Å². The number of nitrogens with zero attached hydrogens (tertiary/aromatic N) is 2. The van der Waals surface area contributed by atoms with Crippen LogP contribution in [0.1, 0.15) is 5.56 Å². The van der Waals surface area contributed by atoms with Crippen LogP contribution in [0.5, 0.6) is 5.75 Å². The fourth-order valence-corrected chi connectivity index (χ4v) is 3.96. The van der Waals surface area contributed by atoms with Crippen molar-refractivity contribution in [2.75, 3.05) is 6.61 Å². The molecule has 8 heteroatoms. The van der Waals surface area contributed by atoms with Gasteiger partial charge in [0.1, 0.15) is 28.6 Å². The van der Waals surface area contributed by atoms with Gasteiger partial charge in [-0.25, -0.2) is 13.1 Å². The Balaban J connectivity index is 1.81. The Morgan fingerprint density at radius 3 is 2.83 bits per heavy atom. The Labute approximate surface area is 144 Å². The summed E-state index contributed by atoms with van der Waals surface area (Å²) in [7, 11) is -3.71. The van der Waals surface area contributed by atoms with E-state index < -0.39 is 10.0 Å². The first-order valence-corrected chi connectivity index (χ1v) is 9.36. The molecule has 1 N–H and O–H groups in total. The van der Waals surface area contributed by atoms with E-state index in [0.29, 0.717) is 23.7 Å².